The molecule has 0 fully saturated rings. The summed E-state index contributed by atoms with van der Waals surface area (Å²) in [5.41, 5.74) is 4.59. The average Bonchev–Trinajstić information content (AvgIpc) is 2.21. The van der Waals surface area contributed by atoms with Crippen LogP contribution in [0.15, 0.2) is 16.1 Å². The summed E-state index contributed by atoms with van der Waals surface area (Å²) in [4.78, 5) is 38.6. The van der Waals surface area contributed by atoms with Crippen LogP contribution in [0.5, 0.6) is 0 Å². The highest BCUT2D eigenvalue weighted by molar-refractivity contribution is 6.37. The molecular formula is C8H3ClN4O4. The first kappa shape index (κ1) is 11.1. The summed E-state index contributed by atoms with van der Waals surface area (Å²) >= 11 is 5.70. The van der Waals surface area contributed by atoms with Crippen molar-refractivity contribution in [1.82, 2.24) is 0 Å². The van der Waals surface area contributed by atoms with Crippen molar-refractivity contribution < 1.29 is 14.5 Å². The van der Waals surface area contributed by atoms with E-state index in [1.807, 2.05) is 0 Å². The Morgan fingerprint density at radius 1 is 1.29 bits per heavy atom. The van der Waals surface area contributed by atoms with Crippen molar-refractivity contribution >= 4 is 34.8 Å². The van der Waals surface area contributed by atoms with Crippen molar-refractivity contribution in [3.05, 3.63) is 31.9 Å². The summed E-state index contributed by atoms with van der Waals surface area (Å²) in [6, 6.07) is 1.08. The van der Waals surface area contributed by atoms with Gasteiger partial charge in [0.1, 0.15) is 16.1 Å². The Kier molecular flexibility index (Phi) is 2.36. The first-order valence-corrected chi connectivity index (χ1v) is 4.57. The molecule has 86 valence electrons. The van der Waals surface area contributed by atoms with Crippen LogP contribution in [0.3, 0.4) is 0 Å². The van der Waals surface area contributed by atoms with Gasteiger partial charge in [-0.25, -0.2) is 9.98 Å². The van der Waals surface area contributed by atoms with Crippen molar-refractivity contribution in [2.75, 3.05) is 5.73 Å². The number of benzene rings is 1. The number of fused-ring (bicyclic) bond motifs is 1. The summed E-state index contributed by atoms with van der Waals surface area (Å²) in [6.45, 7) is 0. The largest absolute Gasteiger partial charge is 0.393 e. The minimum absolute atomic E-state index is 0.0531. The molecule has 1 aromatic carbocycles. The van der Waals surface area contributed by atoms with Crippen LogP contribution < -0.4 is 16.4 Å². The fraction of sp³-hybridized carbons (Fsp3) is 0. The van der Waals surface area contributed by atoms with Gasteiger partial charge in [0.05, 0.1) is 10.3 Å². The fourth-order valence-electron chi connectivity index (χ4n) is 1.32. The highest BCUT2D eigenvalue weighted by Gasteiger charge is 2.24. The molecule has 2 rings (SSSR count). The maximum Gasteiger partial charge on any atom is 0.338 e. The number of nitro groups is 1. The van der Waals surface area contributed by atoms with Crippen LogP contribution in [-0.2, 0) is 9.59 Å². The van der Waals surface area contributed by atoms with E-state index in [9.17, 15) is 19.7 Å². The first-order chi connectivity index (χ1) is 7.91. The maximum atomic E-state index is 11.0. The number of hydrogen-bond acceptors (Lipinski definition) is 5. The number of carbonyl (C=O) groups excluding carboxylic acids is 2. The summed E-state index contributed by atoms with van der Waals surface area (Å²) in [7, 11) is 0. The van der Waals surface area contributed by atoms with Gasteiger partial charge in [-0.15, -0.1) is 0 Å². The smallest absolute Gasteiger partial charge is 0.338 e. The minimum atomic E-state index is -1.13. The lowest BCUT2D eigenvalue weighted by Gasteiger charge is -2.02. The number of rotatable bonds is 1. The van der Waals surface area contributed by atoms with Gasteiger partial charge < -0.3 is 5.73 Å². The second-order valence-corrected chi connectivity index (χ2v) is 3.47. The molecule has 1 aromatic rings. The molecule has 8 nitrogen and oxygen atoms in total. The molecule has 0 radical (unpaired) electrons. The van der Waals surface area contributed by atoms with Crippen LogP contribution >= 0.6 is 11.6 Å². The van der Waals surface area contributed by atoms with Crippen molar-refractivity contribution in [3.8, 4) is 0 Å². The highest BCUT2D eigenvalue weighted by atomic mass is 35.5. The molecule has 0 bridgehead atoms. The van der Waals surface area contributed by atoms with Gasteiger partial charge in [-0.2, -0.15) is 0 Å². The normalized spacial score (nSPS) is 13.7. The first-order valence-electron chi connectivity index (χ1n) is 4.20. The molecule has 0 aliphatic carbocycles. The van der Waals surface area contributed by atoms with E-state index in [4.69, 9.17) is 17.3 Å². The van der Waals surface area contributed by atoms with Gasteiger partial charge in [0.25, 0.3) is 0 Å². The minimum Gasteiger partial charge on any atom is -0.393 e. The SMILES string of the molecule is Nc1cc2c(c(Cl)c1[N+](=O)[O-])=NC(=O)C(=O)N=2. The topological polar surface area (TPSA) is 128 Å². The number of nitrogens with two attached hydrogens (primary N) is 1. The Morgan fingerprint density at radius 2 is 1.88 bits per heavy atom. The number of hydrogen-bond donors (Lipinski definition) is 1. The third-order valence-electron chi connectivity index (χ3n) is 2.02. The summed E-state index contributed by atoms with van der Waals surface area (Å²) in [6.07, 6.45) is 0. The summed E-state index contributed by atoms with van der Waals surface area (Å²) < 4.78 is 0. The molecule has 1 aliphatic rings. The van der Waals surface area contributed by atoms with Gasteiger partial charge in [-0.05, 0) is 6.07 Å². The number of carbonyl (C=O) groups is 2. The highest BCUT2D eigenvalue weighted by Crippen LogP contribution is 2.25. The molecule has 1 heterocycles. The van der Waals surface area contributed by atoms with Gasteiger partial charge in [-0.3, -0.25) is 19.7 Å². The lowest BCUT2D eigenvalue weighted by molar-refractivity contribution is -0.383. The molecule has 0 aromatic heterocycles. The van der Waals surface area contributed by atoms with E-state index in [1.165, 1.54) is 0 Å². The molecule has 2 amide bonds. The standard InChI is InChI=1S/C8H3ClN4O4/c9-4-5-3(11-7(14)8(15)12-5)1-2(10)6(4)13(16)17/h1H,10H2. The predicted molar refractivity (Wildman–Crippen MR) is 54.8 cm³/mol. The van der Waals surface area contributed by atoms with Crippen molar-refractivity contribution in [2.45, 2.75) is 0 Å². The molecular weight excluding hydrogens is 252 g/mol. The van der Waals surface area contributed by atoms with Gasteiger partial charge in [0, 0.05) is 0 Å². The second-order valence-electron chi connectivity index (χ2n) is 3.09. The van der Waals surface area contributed by atoms with E-state index in [-0.39, 0.29) is 16.4 Å². The predicted octanol–water partition coefficient (Wildman–Crippen LogP) is -0.864. The van der Waals surface area contributed by atoms with E-state index in [1.54, 1.807) is 0 Å². The van der Waals surface area contributed by atoms with E-state index in [0.29, 0.717) is 0 Å². The lowest BCUT2D eigenvalue weighted by Crippen LogP contribution is -2.36. The number of nitrogen functional groups attached to an aromatic ring is 1. The van der Waals surface area contributed by atoms with Crippen LogP contribution in [-0.4, -0.2) is 16.7 Å². The number of amides is 2. The Balaban J connectivity index is 2.96. The third-order valence-corrected chi connectivity index (χ3v) is 2.38. The van der Waals surface area contributed by atoms with Gasteiger partial charge in [-0.1, -0.05) is 11.6 Å². The number of halogens is 1. The molecule has 0 atom stereocenters. The Hall–Kier alpha value is -2.35. The van der Waals surface area contributed by atoms with Crippen molar-refractivity contribution in [3.63, 3.8) is 0 Å². The molecule has 0 saturated heterocycles. The third kappa shape index (κ3) is 1.64. The summed E-state index contributed by atoms with van der Waals surface area (Å²) in [5.74, 6) is -2.19. The van der Waals surface area contributed by atoms with E-state index < -0.39 is 27.4 Å². The fourth-order valence-corrected chi connectivity index (χ4v) is 1.64. The number of nitrogens with zero attached hydrogens (tertiary/aromatic N) is 3. The van der Waals surface area contributed by atoms with Crippen molar-refractivity contribution in [2.24, 2.45) is 9.98 Å². The van der Waals surface area contributed by atoms with E-state index in [0.717, 1.165) is 6.07 Å². The zero-order valence-corrected chi connectivity index (χ0v) is 8.76. The van der Waals surface area contributed by atoms with E-state index >= 15 is 0 Å². The quantitative estimate of drug-likeness (QED) is 0.302. The van der Waals surface area contributed by atoms with Crippen LogP contribution in [0.1, 0.15) is 0 Å². The molecule has 0 saturated carbocycles. The number of anilines is 1. The van der Waals surface area contributed by atoms with Crippen LogP contribution in [0.25, 0.3) is 0 Å². The van der Waals surface area contributed by atoms with Crippen LogP contribution in [0.2, 0.25) is 5.02 Å². The zero-order chi connectivity index (χ0) is 12.7. The van der Waals surface area contributed by atoms with Crippen molar-refractivity contribution in [1.29, 1.82) is 0 Å². The van der Waals surface area contributed by atoms with Crippen LogP contribution in [0, 0.1) is 10.1 Å². The molecule has 1 aliphatic heterocycles. The van der Waals surface area contributed by atoms with Gasteiger partial charge >= 0.3 is 17.5 Å². The van der Waals surface area contributed by atoms with Gasteiger partial charge in [0.15, 0.2) is 0 Å². The Labute approximate surface area is 97.6 Å². The van der Waals surface area contributed by atoms with Crippen LogP contribution in [0.4, 0.5) is 11.4 Å². The van der Waals surface area contributed by atoms with Gasteiger partial charge in [0.2, 0.25) is 0 Å². The summed E-state index contributed by atoms with van der Waals surface area (Å²) in [5, 5.41) is 10.0. The molecule has 9 heteroatoms. The number of nitro benzene ring substituents is 1. The second kappa shape index (κ2) is 3.59. The van der Waals surface area contributed by atoms with E-state index in [2.05, 4.69) is 9.98 Å². The lowest BCUT2D eigenvalue weighted by atomic mass is 10.2. The Morgan fingerprint density at radius 3 is 2.47 bits per heavy atom. The molecule has 0 spiro atoms. The molecule has 17 heavy (non-hydrogen) atoms. The maximum absolute atomic E-state index is 11.0. The Bertz CT molecular complexity index is 696. The average molecular weight is 255 g/mol. The molecule has 2 N–H and O–H groups in total. The zero-order valence-electron chi connectivity index (χ0n) is 8.01. The molecule has 0 unspecified atom stereocenters. The monoisotopic (exact) mass is 254 g/mol.